The fourth-order valence-electron chi connectivity index (χ4n) is 4.11. The molecular formula is C29H45N2O2+. The summed E-state index contributed by atoms with van der Waals surface area (Å²) in [5, 5.41) is 18.4. The van der Waals surface area contributed by atoms with Crippen LogP contribution < -0.4 is 9.47 Å². The van der Waals surface area contributed by atoms with E-state index in [9.17, 15) is 10.2 Å². The predicted octanol–water partition coefficient (Wildman–Crippen LogP) is 5.86. The van der Waals surface area contributed by atoms with E-state index in [1.165, 1.54) is 69.8 Å². The molecule has 2 rings (SSSR count). The molecule has 0 bridgehead atoms. The second-order valence-electron chi connectivity index (χ2n) is 8.91. The standard InChI is InChI=1S/C29H45N2O2/c1-2-3-4-5-6-7-8-9-10-11-20-30-21-18-28(19-22-30)13-12-27-14-16-29(17-15-27)31(23-25-32)24-26-33/h12-19,21-22,32-33H,2-11,20,23-26H2,1H3/q+1. The second kappa shape index (κ2) is 17.3. The molecule has 0 aliphatic heterocycles. The smallest absolute Gasteiger partial charge is 0.169 e. The van der Waals surface area contributed by atoms with E-state index in [0.29, 0.717) is 13.1 Å². The summed E-state index contributed by atoms with van der Waals surface area (Å²) in [6.45, 7) is 4.58. The molecule has 182 valence electrons. The maximum absolute atomic E-state index is 9.19. The number of aliphatic hydroxyl groups is 2. The summed E-state index contributed by atoms with van der Waals surface area (Å²) >= 11 is 0. The molecule has 1 aromatic heterocycles. The van der Waals surface area contributed by atoms with Crippen LogP contribution in [-0.2, 0) is 6.54 Å². The minimum atomic E-state index is 0.0782. The number of pyridine rings is 1. The minimum Gasteiger partial charge on any atom is -0.395 e. The van der Waals surface area contributed by atoms with Crippen molar-refractivity contribution in [1.29, 1.82) is 0 Å². The molecule has 0 aliphatic carbocycles. The van der Waals surface area contributed by atoms with Crippen LogP contribution in [0.3, 0.4) is 0 Å². The molecule has 0 atom stereocenters. The van der Waals surface area contributed by atoms with Crippen molar-refractivity contribution in [1.82, 2.24) is 0 Å². The molecule has 0 aliphatic rings. The van der Waals surface area contributed by atoms with E-state index in [1.807, 2.05) is 17.0 Å². The molecule has 0 unspecified atom stereocenters. The molecule has 0 radical (unpaired) electrons. The van der Waals surface area contributed by atoms with Gasteiger partial charge in [0.1, 0.15) is 6.54 Å². The van der Waals surface area contributed by atoms with Crippen LogP contribution in [0.15, 0.2) is 48.8 Å². The van der Waals surface area contributed by atoms with Crippen LogP contribution in [0.2, 0.25) is 0 Å². The number of hydrogen-bond donors (Lipinski definition) is 2. The van der Waals surface area contributed by atoms with Crippen molar-refractivity contribution in [2.75, 3.05) is 31.2 Å². The Morgan fingerprint density at radius 3 is 1.67 bits per heavy atom. The second-order valence-corrected chi connectivity index (χ2v) is 8.91. The lowest BCUT2D eigenvalue weighted by atomic mass is 10.1. The largest absolute Gasteiger partial charge is 0.395 e. The molecule has 0 fully saturated rings. The highest BCUT2D eigenvalue weighted by molar-refractivity contribution is 5.70. The maximum atomic E-state index is 9.19. The lowest BCUT2D eigenvalue weighted by molar-refractivity contribution is -0.697. The average Bonchev–Trinajstić information content (AvgIpc) is 2.85. The van der Waals surface area contributed by atoms with E-state index < -0.39 is 0 Å². The van der Waals surface area contributed by atoms with E-state index in [1.54, 1.807) is 0 Å². The van der Waals surface area contributed by atoms with E-state index >= 15 is 0 Å². The molecule has 0 saturated heterocycles. The Kier molecular flexibility index (Phi) is 14.2. The van der Waals surface area contributed by atoms with Gasteiger partial charge in [0, 0.05) is 37.3 Å². The van der Waals surface area contributed by atoms with Crippen molar-refractivity contribution in [2.24, 2.45) is 0 Å². The molecular weight excluding hydrogens is 408 g/mol. The number of anilines is 1. The van der Waals surface area contributed by atoms with E-state index in [2.05, 4.69) is 60.3 Å². The monoisotopic (exact) mass is 453 g/mol. The molecule has 2 aromatic rings. The first-order chi connectivity index (χ1) is 16.3. The maximum Gasteiger partial charge on any atom is 0.169 e. The van der Waals surface area contributed by atoms with E-state index in [-0.39, 0.29) is 13.2 Å². The van der Waals surface area contributed by atoms with Crippen LogP contribution in [0, 0.1) is 0 Å². The van der Waals surface area contributed by atoms with Gasteiger partial charge in [-0.1, -0.05) is 82.6 Å². The summed E-state index contributed by atoms with van der Waals surface area (Å²) in [5.41, 5.74) is 3.34. The van der Waals surface area contributed by atoms with Crippen molar-refractivity contribution in [3.05, 3.63) is 59.9 Å². The number of rotatable bonds is 18. The van der Waals surface area contributed by atoms with Gasteiger partial charge in [0.05, 0.1) is 13.2 Å². The third-order valence-electron chi connectivity index (χ3n) is 6.15. The SMILES string of the molecule is CCCCCCCCCCCC[n+]1ccc(/C=C/c2ccc(N(CCO)CCO)cc2)cc1. The minimum absolute atomic E-state index is 0.0782. The average molecular weight is 454 g/mol. The summed E-state index contributed by atoms with van der Waals surface area (Å²) in [4.78, 5) is 1.98. The van der Waals surface area contributed by atoms with Gasteiger partial charge < -0.3 is 15.1 Å². The molecule has 1 heterocycles. The first-order valence-electron chi connectivity index (χ1n) is 13.0. The van der Waals surface area contributed by atoms with Crippen LogP contribution in [0.25, 0.3) is 12.2 Å². The van der Waals surface area contributed by atoms with Gasteiger partial charge >= 0.3 is 0 Å². The van der Waals surface area contributed by atoms with Crippen LogP contribution in [0.5, 0.6) is 0 Å². The van der Waals surface area contributed by atoms with Crippen molar-refractivity contribution >= 4 is 17.8 Å². The molecule has 1 aromatic carbocycles. The number of nitrogens with zero attached hydrogens (tertiary/aromatic N) is 2. The van der Waals surface area contributed by atoms with Gasteiger partial charge in [0.2, 0.25) is 0 Å². The number of aromatic nitrogens is 1. The number of hydrogen-bond acceptors (Lipinski definition) is 3. The molecule has 33 heavy (non-hydrogen) atoms. The summed E-state index contributed by atoms with van der Waals surface area (Å²) in [7, 11) is 0. The fraction of sp³-hybridized carbons (Fsp3) is 0.552. The number of benzene rings is 1. The Morgan fingerprint density at radius 1 is 0.667 bits per heavy atom. The zero-order valence-electron chi connectivity index (χ0n) is 20.7. The Labute approximate surface area is 201 Å². The van der Waals surface area contributed by atoms with Gasteiger partial charge in [-0.2, -0.15) is 0 Å². The highest BCUT2D eigenvalue weighted by atomic mass is 16.3. The van der Waals surface area contributed by atoms with Gasteiger partial charge in [-0.15, -0.1) is 0 Å². The summed E-state index contributed by atoms with van der Waals surface area (Å²) in [6.07, 6.45) is 22.3. The van der Waals surface area contributed by atoms with Gasteiger partial charge in [0.25, 0.3) is 0 Å². The molecule has 0 saturated carbocycles. The molecule has 4 nitrogen and oxygen atoms in total. The number of aryl methyl sites for hydroxylation is 1. The summed E-state index contributed by atoms with van der Waals surface area (Å²) in [6, 6.07) is 12.6. The highest BCUT2D eigenvalue weighted by Crippen LogP contribution is 2.16. The van der Waals surface area contributed by atoms with E-state index in [4.69, 9.17) is 0 Å². The van der Waals surface area contributed by atoms with Gasteiger partial charge in [-0.25, -0.2) is 4.57 Å². The van der Waals surface area contributed by atoms with Gasteiger partial charge in [-0.3, -0.25) is 0 Å². The number of unbranched alkanes of at least 4 members (excludes halogenated alkanes) is 9. The Balaban J connectivity index is 1.68. The lowest BCUT2D eigenvalue weighted by Crippen LogP contribution is -2.32. The lowest BCUT2D eigenvalue weighted by Gasteiger charge is -2.22. The molecule has 2 N–H and O–H groups in total. The van der Waals surface area contributed by atoms with Crippen LogP contribution in [-0.4, -0.2) is 36.5 Å². The van der Waals surface area contributed by atoms with Gasteiger partial charge in [-0.05, 0) is 29.7 Å². The van der Waals surface area contributed by atoms with Crippen LogP contribution in [0.1, 0.15) is 82.3 Å². The molecule has 4 heteroatoms. The van der Waals surface area contributed by atoms with Crippen LogP contribution >= 0.6 is 0 Å². The topological polar surface area (TPSA) is 47.6 Å². The predicted molar refractivity (Wildman–Crippen MR) is 140 cm³/mol. The first kappa shape index (κ1) is 27.1. The quantitative estimate of drug-likeness (QED) is 0.220. The third-order valence-corrected chi connectivity index (χ3v) is 6.15. The molecule has 0 spiro atoms. The van der Waals surface area contributed by atoms with Crippen molar-refractivity contribution in [3.8, 4) is 0 Å². The normalized spacial score (nSPS) is 11.4. The van der Waals surface area contributed by atoms with E-state index in [0.717, 1.165) is 17.8 Å². The highest BCUT2D eigenvalue weighted by Gasteiger charge is 2.05. The first-order valence-corrected chi connectivity index (χ1v) is 13.0. The summed E-state index contributed by atoms with van der Waals surface area (Å²) < 4.78 is 2.29. The summed E-state index contributed by atoms with van der Waals surface area (Å²) in [5.74, 6) is 0. The van der Waals surface area contributed by atoms with Crippen LogP contribution in [0.4, 0.5) is 5.69 Å². The molecule has 0 amide bonds. The Hall–Kier alpha value is -2.17. The van der Waals surface area contributed by atoms with Crippen molar-refractivity contribution in [2.45, 2.75) is 77.7 Å². The number of aliphatic hydroxyl groups excluding tert-OH is 2. The zero-order valence-corrected chi connectivity index (χ0v) is 20.7. The fourth-order valence-corrected chi connectivity index (χ4v) is 4.11. The zero-order chi connectivity index (χ0) is 23.6. The third kappa shape index (κ3) is 11.5. The Morgan fingerprint density at radius 2 is 1.15 bits per heavy atom. The van der Waals surface area contributed by atoms with Crippen molar-refractivity contribution in [3.63, 3.8) is 0 Å². The van der Waals surface area contributed by atoms with Crippen molar-refractivity contribution < 1.29 is 14.8 Å². The Bertz CT molecular complexity index is 750. The van der Waals surface area contributed by atoms with Gasteiger partial charge in [0.15, 0.2) is 12.4 Å².